The van der Waals surface area contributed by atoms with E-state index < -0.39 is 10.0 Å². The van der Waals surface area contributed by atoms with Crippen LogP contribution in [0.3, 0.4) is 0 Å². The number of halogens is 2. The number of benzene rings is 2. The summed E-state index contributed by atoms with van der Waals surface area (Å²) in [6, 6.07) is 11.4. The predicted octanol–water partition coefficient (Wildman–Crippen LogP) is 3.24. The molecule has 20 heavy (non-hydrogen) atoms. The summed E-state index contributed by atoms with van der Waals surface area (Å²) in [5, 5.41) is 9.20. The second-order valence-electron chi connectivity index (χ2n) is 4.01. The topological polar surface area (TPSA) is 66.4 Å². The van der Waals surface area contributed by atoms with Crippen molar-refractivity contribution in [2.24, 2.45) is 0 Å². The fourth-order valence-corrected chi connectivity index (χ4v) is 3.93. The van der Waals surface area contributed by atoms with E-state index in [0.717, 1.165) is 3.57 Å². The van der Waals surface area contributed by atoms with E-state index in [1.807, 2.05) is 28.7 Å². The third-order valence-corrected chi connectivity index (χ3v) is 5.37. The third-order valence-electron chi connectivity index (χ3n) is 2.59. The average Bonchev–Trinajstić information content (AvgIpc) is 2.41. The van der Waals surface area contributed by atoms with Crippen molar-refractivity contribution >= 4 is 49.9 Å². The summed E-state index contributed by atoms with van der Waals surface area (Å²) >= 11 is 7.98. The van der Waals surface area contributed by atoms with Crippen LogP contribution >= 0.6 is 34.2 Å². The Labute approximate surface area is 136 Å². The summed E-state index contributed by atoms with van der Waals surface area (Å²) in [6.07, 6.45) is 0. The van der Waals surface area contributed by atoms with Gasteiger partial charge in [0.05, 0.1) is 17.3 Å². The van der Waals surface area contributed by atoms with E-state index in [2.05, 4.69) is 4.72 Å². The van der Waals surface area contributed by atoms with E-state index in [4.69, 9.17) is 16.7 Å². The molecule has 0 atom stereocenters. The maximum atomic E-state index is 12.4. The average molecular weight is 424 g/mol. The predicted molar refractivity (Wildman–Crippen MR) is 87.3 cm³/mol. The zero-order valence-corrected chi connectivity index (χ0v) is 13.9. The zero-order valence-electron chi connectivity index (χ0n) is 10.2. The molecule has 0 heterocycles. The van der Waals surface area contributed by atoms with Gasteiger partial charge in [0.2, 0.25) is 0 Å². The Morgan fingerprint density at radius 2 is 1.90 bits per heavy atom. The number of rotatable bonds is 4. The molecule has 2 rings (SSSR count). The summed E-state index contributed by atoms with van der Waals surface area (Å²) in [5.74, 6) is 0. The maximum Gasteiger partial charge on any atom is 0.263 e. The second-order valence-corrected chi connectivity index (χ2v) is 7.23. The Morgan fingerprint density at radius 3 is 2.55 bits per heavy atom. The molecule has 0 unspecified atom stereocenters. The highest BCUT2D eigenvalue weighted by atomic mass is 127. The molecule has 0 bridgehead atoms. The van der Waals surface area contributed by atoms with Gasteiger partial charge in [0.25, 0.3) is 10.0 Å². The minimum absolute atomic E-state index is 0.0506. The van der Waals surface area contributed by atoms with Crippen molar-refractivity contribution < 1.29 is 13.5 Å². The minimum atomic E-state index is -3.80. The summed E-state index contributed by atoms with van der Waals surface area (Å²) in [6.45, 7) is -0.247. The lowest BCUT2D eigenvalue weighted by molar-refractivity contribution is 0.281. The molecule has 0 spiro atoms. The molecule has 0 amide bonds. The molecular formula is C13H11ClINO3S. The monoisotopic (exact) mass is 423 g/mol. The summed E-state index contributed by atoms with van der Waals surface area (Å²) < 4.78 is 28.0. The van der Waals surface area contributed by atoms with E-state index in [9.17, 15) is 8.42 Å². The first-order chi connectivity index (χ1) is 9.44. The zero-order chi connectivity index (χ0) is 14.8. The number of hydrogen-bond acceptors (Lipinski definition) is 3. The molecule has 106 valence electrons. The lowest BCUT2D eigenvalue weighted by Gasteiger charge is -2.11. The SMILES string of the molecule is O=S(=O)(Nc1ccccc1I)c1cc(CO)ccc1Cl. The number of aliphatic hydroxyl groups excluding tert-OH is 1. The van der Waals surface area contributed by atoms with Crippen molar-refractivity contribution in [2.75, 3.05) is 4.72 Å². The van der Waals surface area contributed by atoms with Gasteiger partial charge in [0.15, 0.2) is 0 Å². The van der Waals surface area contributed by atoms with E-state index in [1.165, 1.54) is 12.1 Å². The largest absolute Gasteiger partial charge is 0.392 e. The van der Waals surface area contributed by atoms with Crippen molar-refractivity contribution in [3.8, 4) is 0 Å². The van der Waals surface area contributed by atoms with E-state index in [1.54, 1.807) is 24.3 Å². The van der Waals surface area contributed by atoms with Crippen LogP contribution in [0.1, 0.15) is 5.56 Å². The molecule has 0 fully saturated rings. The summed E-state index contributed by atoms with van der Waals surface area (Å²) in [7, 11) is -3.80. The number of aliphatic hydroxyl groups is 1. The van der Waals surface area contributed by atoms with Crippen molar-refractivity contribution in [3.05, 3.63) is 56.6 Å². The van der Waals surface area contributed by atoms with Crippen LogP contribution in [-0.2, 0) is 16.6 Å². The Kier molecular flexibility index (Phi) is 4.90. The van der Waals surface area contributed by atoms with Crippen molar-refractivity contribution in [2.45, 2.75) is 11.5 Å². The van der Waals surface area contributed by atoms with Crippen LogP contribution in [0.4, 0.5) is 5.69 Å². The summed E-state index contributed by atoms with van der Waals surface area (Å²) in [5.41, 5.74) is 0.969. The standard InChI is InChI=1S/C13H11ClINO3S/c14-10-6-5-9(8-17)7-13(10)20(18,19)16-12-4-2-1-3-11(12)15/h1-7,16-17H,8H2. The first kappa shape index (κ1) is 15.6. The molecule has 0 aliphatic rings. The molecule has 0 radical (unpaired) electrons. The molecule has 0 aliphatic carbocycles. The Balaban J connectivity index is 2.43. The van der Waals surface area contributed by atoms with Gasteiger partial charge in [0.1, 0.15) is 4.90 Å². The molecule has 0 saturated heterocycles. The number of hydrogen-bond donors (Lipinski definition) is 2. The van der Waals surface area contributed by atoms with Crippen molar-refractivity contribution in [3.63, 3.8) is 0 Å². The van der Waals surface area contributed by atoms with Crippen LogP contribution in [0, 0.1) is 3.57 Å². The Hall–Kier alpha value is -0.830. The third kappa shape index (κ3) is 3.43. The van der Waals surface area contributed by atoms with Gasteiger partial charge in [-0.3, -0.25) is 4.72 Å². The molecule has 2 aromatic rings. The molecule has 2 N–H and O–H groups in total. The van der Waals surface area contributed by atoms with Gasteiger partial charge in [-0.25, -0.2) is 8.42 Å². The lowest BCUT2D eigenvalue weighted by Crippen LogP contribution is -2.14. The van der Waals surface area contributed by atoms with Gasteiger partial charge >= 0.3 is 0 Å². The highest BCUT2D eigenvalue weighted by Gasteiger charge is 2.19. The maximum absolute atomic E-state index is 12.4. The molecule has 2 aromatic carbocycles. The first-order valence-corrected chi connectivity index (χ1v) is 8.54. The Bertz CT molecular complexity index is 734. The van der Waals surface area contributed by atoms with Crippen LogP contribution in [0.5, 0.6) is 0 Å². The smallest absolute Gasteiger partial charge is 0.263 e. The van der Waals surface area contributed by atoms with Crippen molar-refractivity contribution in [1.82, 2.24) is 0 Å². The fraction of sp³-hybridized carbons (Fsp3) is 0.0769. The normalized spacial score (nSPS) is 11.3. The molecule has 0 aliphatic heterocycles. The quantitative estimate of drug-likeness (QED) is 0.742. The number of para-hydroxylation sites is 1. The van der Waals surface area contributed by atoms with E-state index in [0.29, 0.717) is 11.3 Å². The molecule has 4 nitrogen and oxygen atoms in total. The molecule has 7 heteroatoms. The van der Waals surface area contributed by atoms with Gasteiger partial charge in [-0.1, -0.05) is 29.8 Å². The van der Waals surface area contributed by atoms with Gasteiger partial charge in [0, 0.05) is 3.57 Å². The lowest BCUT2D eigenvalue weighted by atomic mass is 10.2. The van der Waals surface area contributed by atoms with Crippen LogP contribution in [-0.4, -0.2) is 13.5 Å². The summed E-state index contributed by atoms with van der Waals surface area (Å²) in [4.78, 5) is -0.0506. The van der Waals surface area contributed by atoms with Gasteiger partial charge in [-0.05, 0) is 52.4 Å². The van der Waals surface area contributed by atoms with E-state index >= 15 is 0 Å². The number of nitrogens with one attached hydrogen (secondary N) is 1. The minimum Gasteiger partial charge on any atom is -0.392 e. The van der Waals surface area contributed by atoms with Crippen molar-refractivity contribution in [1.29, 1.82) is 0 Å². The highest BCUT2D eigenvalue weighted by molar-refractivity contribution is 14.1. The fourth-order valence-electron chi connectivity index (χ4n) is 1.60. The van der Waals surface area contributed by atoms with E-state index in [-0.39, 0.29) is 16.5 Å². The van der Waals surface area contributed by atoms with Crippen LogP contribution in [0.25, 0.3) is 0 Å². The second kappa shape index (κ2) is 6.30. The molecule has 0 saturated carbocycles. The van der Waals surface area contributed by atoms with Gasteiger partial charge < -0.3 is 5.11 Å². The highest BCUT2D eigenvalue weighted by Crippen LogP contribution is 2.26. The van der Waals surface area contributed by atoms with Gasteiger partial charge in [-0.15, -0.1) is 0 Å². The Morgan fingerprint density at radius 1 is 1.20 bits per heavy atom. The molecular weight excluding hydrogens is 413 g/mol. The number of anilines is 1. The first-order valence-electron chi connectivity index (χ1n) is 5.60. The van der Waals surface area contributed by atoms with Crippen LogP contribution < -0.4 is 4.72 Å². The number of sulfonamides is 1. The van der Waals surface area contributed by atoms with Crippen LogP contribution in [0.15, 0.2) is 47.4 Å². The van der Waals surface area contributed by atoms with Crippen LogP contribution in [0.2, 0.25) is 5.02 Å². The van der Waals surface area contributed by atoms with Gasteiger partial charge in [-0.2, -0.15) is 0 Å². The molecule has 0 aromatic heterocycles.